The molecule has 1 aliphatic rings. The smallest absolute Gasteiger partial charge is 0.122 e. The lowest BCUT2D eigenvalue weighted by Gasteiger charge is -2.20. The lowest BCUT2D eigenvalue weighted by Crippen LogP contribution is -2.31. The van der Waals surface area contributed by atoms with Crippen molar-refractivity contribution in [2.24, 2.45) is 5.16 Å². The largest absolute Gasteiger partial charge is 0.395 e. The van der Waals surface area contributed by atoms with Gasteiger partial charge in [-0.3, -0.25) is 0 Å². The number of nitrogens with zero attached hydrogens (tertiary/aromatic N) is 1. The van der Waals surface area contributed by atoms with E-state index in [-0.39, 0.29) is 5.60 Å². The summed E-state index contributed by atoms with van der Waals surface area (Å²) < 4.78 is 4.96. The van der Waals surface area contributed by atoms with Gasteiger partial charge in [-0.25, -0.2) is 0 Å². The third-order valence-corrected chi connectivity index (χ3v) is 1.66. The second-order valence-electron chi connectivity index (χ2n) is 2.78. The molecule has 1 heterocycles. The van der Waals surface area contributed by atoms with Crippen LogP contribution in [0.4, 0.5) is 0 Å². The molecular formula is C7H12NO2. The van der Waals surface area contributed by atoms with E-state index in [1.807, 2.05) is 13.8 Å². The molecule has 57 valence electrons. The van der Waals surface area contributed by atoms with Gasteiger partial charge in [-0.1, -0.05) is 5.16 Å². The molecule has 10 heavy (non-hydrogen) atoms. The van der Waals surface area contributed by atoms with E-state index < -0.39 is 0 Å². The van der Waals surface area contributed by atoms with Gasteiger partial charge in [0.05, 0.1) is 12.8 Å². The second-order valence-corrected chi connectivity index (χ2v) is 2.78. The molecule has 0 spiro atoms. The first kappa shape index (κ1) is 7.54. The van der Waals surface area contributed by atoms with Gasteiger partial charge in [0.2, 0.25) is 0 Å². The number of ether oxygens (including phenoxy) is 1. The zero-order valence-electron chi connectivity index (χ0n) is 6.39. The summed E-state index contributed by atoms with van der Waals surface area (Å²) in [5.41, 5.74) is 0.568. The third-order valence-electron chi connectivity index (χ3n) is 1.66. The molecule has 0 fully saturated rings. The number of hydrogen-bond acceptors (Lipinski definition) is 3. The summed E-state index contributed by atoms with van der Waals surface area (Å²) in [4.78, 5) is 4.83. The minimum atomic E-state index is -0.365. The van der Waals surface area contributed by atoms with Crippen LogP contribution in [-0.2, 0) is 9.57 Å². The highest BCUT2D eigenvalue weighted by Gasteiger charge is 2.27. The Morgan fingerprint density at radius 2 is 2.40 bits per heavy atom. The molecule has 0 saturated heterocycles. The Kier molecular flexibility index (Phi) is 1.94. The van der Waals surface area contributed by atoms with Crippen molar-refractivity contribution in [3.05, 3.63) is 7.11 Å². The molecule has 0 unspecified atom stereocenters. The van der Waals surface area contributed by atoms with Crippen molar-refractivity contribution in [1.29, 1.82) is 0 Å². The van der Waals surface area contributed by atoms with Crippen LogP contribution in [0.5, 0.6) is 0 Å². The maximum atomic E-state index is 4.96. The van der Waals surface area contributed by atoms with Crippen LogP contribution >= 0.6 is 0 Å². The number of oxime groups is 1. The molecule has 0 amide bonds. The first-order valence-electron chi connectivity index (χ1n) is 3.29. The fraction of sp³-hybridized carbons (Fsp3) is 0.714. The predicted molar refractivity (Wildman–Crippen MR) is 38.5 cm³/mol. The molecule has 0 aromatic heterocycles. The highest BCUT2D eigenvalue weighted by Crippen LogP contribution is 2.17. The topological polar surface area (TPSA) is 30.8 Å². The van der Waals surface area contributed by atoms with Crippen LogP contribution in [0.25, 0.3) is 0 Å². The zero-order valence-corrected chi connectivity index (χ0v) is 6.39. The SMILES string of the molecule is [CH2]OC(C)(C)C1=NOCC1. The first-order chi connectivity index (χ1) is 4.67. The van der Waals surface area contributed by atoms with E-state index in [0.29, 0.717) is 6.61 Å². The molecule has 0 N–H and O–H groups in total. The summed E-state index contributed by atoms with van der Waals surface area (Å²) in [7, 11) is 3.37. The van der Waals surface area contributed by atoms with Gasteiger partial charge < -0.3 is 9.57 Å². The average molecular weight is 142 g/mol. The molecule has 0 bridgehead atoms. The summed E-state index contributed by atoms with van der Waals surface area (Å²) in [5, 5.41) is 3.83. The summed E-state index contributed by atoms with van der Waals surface area (Å²) in [6.07, 6.45) is 0.850. The Hall–Kier alpha value is -0.570. The van der Waals surface area contributed by atoms with Crippen LogP contribution in [0.15, 0.2) is 5.16 Å². The highest BCUT2D eigenvalue weighted by molar-refractivity contribution is 5.92. The van der Waals surface area contributed by atoms with Crippen molar-refractivity contribution >= 4 is 5.71 Å². The van der Waals surface area contributed by atoms with Crippen molar-refractivity contribution in [1.82, 2.24) is 0 Å². The fourth-order valence-electron chi connectivity index (χ4n) is 0.806. The van der Waals surface area contributed by atoms with Crippen LogP contribution in [-0.4, -0.2) is 17.9 Å². The van der Waals surface area contributed by atoms with Gasteiger partial charge in [0.15, 0.2) is 0 Å². The van der Waals surface area contributed by atoms with Gasteiger partial charge in [0, 0.05) is 6.42 Å². The van der Waals surface area contributed by atoms with E-state index in [1.54, 1.807) is 0 Å². The fourth-order valence-corrected chi connectivity index (χ4v) is 0.806. The molecule has 0 aliphatic carbocycles. The molecule has 0 aromatic carbocycles. The average Bonchev–Trinajstić information content (AvgIpc) is 2.38. The Morgan fingerprint density at radius 3 is 2.80 bits per heavy atom. The minimum absolute atomic E-state index is 0.365. The third kappa shape index (κ3) is 1.29. The van der Waals surface area contributed by atoms with Crippen LogP contribution in [0, 0.1) is 7.11 Å². The maximum absolute atomic E-state index is 4.96. The lowest BCUT2D eigenvalue weighted by atomic mass is 10.0. The van der Waals surface area contributed by atoms with Crippen molar-refractivity contribution in [2.75, 3.05) is 6.61 Å². The molecule has 0 saturated carbocycles. The molecule has 0 aromatic rings. The predicted octanol–water partition coefficient (Wildman–Crippen LogP) is 1.35. The maximum Gasteiger partial charge on any atom is 0.122 e. The van der Waals surface area contributed by atoms with Crippen molar-refractivity contribution < 1.29 is 9.57 Å². The summed E-state index contributed by atoms with van der Waals surface area (Å²) in [6, 6.07) is 0. The van der Waals surface area contributed by atoms with E-state index in [1.165, 1.54) is 0 Å². The first-order valence-corrected chi connectivity index (χ1v) is 3.29. The van der Waals surface area contributed by atoms with E-state index in [0.717, 1.165) is 12.1 Å². The van der Waals surface area contributed by atoms with Gasteiger partial charge in [0.25, 0.3) is 0 Å². The Morgan fingerprint density at radius 1 is 1.70 bits per heavy atom. The van der Waals surface area contributed by atoms with Crippen LogP contribution in [0.1, 0.15) is 20.3 Å². The Bertz CT molecular complexity index is 152. The van der Waals surface area contributed by atoms with E-state index >= 15 is 0 Å². The van der Waals surface area contributed by atoms with Gasteiger partial charge in [-0.05, 0) is 13.8 Å². The van der Waals surface area contributed by atoms with Gasteiger partial charge in [-0.15, -0.1) is 0 Å². The molecule has 1 radical (unpaired) electrons. The van der Waals surface area contributed by atoms with Crippen LogP contribution in [0.2, 0.25) is 0 Å². The second kappa shape index (κ2) is 2.58. The van der Waals surface area contributed by atoms with Gasteiger partial charge in [-0.2, -0.15) is 0 Å². The van der Waals surface area contributed by atoms with Crippen molar-refractivity contribution in [3.8, 4) is 0 Å². The summed E-state index contributed by atoms with van der Waals surface area (Å²) >= 11 is 0. The Balaban J connectivity index is 2.62. The van der Waals surface area contributed by atoms with Crippen molar-refractivity contribution in [3.63, 3.8) is 0 Å². The lowest BCUT2D eigenvalue weighted by molar-refractivity contribution is 0.114. The normalized spacial score (nSPS) is 18.5. The standard InChI is InChI=1S/C7H12NO2/c1-7(2,9-3)6-4-5-10-8-6/h3-5H2,1-2H3. The molecule has 3 nitrogen and oxygen atoms in total. The number of rotatable bonds is 2. The van der Waals surface area contributed by atoms with Gasteiger partial charge >= 0.3 is 0 Å². The zero-order chi connectivity index (χ0) is 7.61. The molecule has 1 rings (SSSR count). The summed E-state index contributed by atoms with van der Waals surface area (Å²) in [5.74, 6) is 0. The Labute approximate surface area is 61.0 Å². The molecule has 0 atom stereocenters. The molecular weight excluding hydrogens is 130 g/mol. The quantitative estimate of drug-likeness (QED) is 0.582. The van der Waals surface area contributed by atoms with Crippen LogP contribution < -0.4 is 0 Å². The van der Waals surface area contributed by atoms with Crippen molar-refractivity contribution in [2.45, 2.75) is 25.9 Å². The highest BCUT2D eigenvalue weighted by atomic mass is 16.6. The van der Waals surface area contributed by atoms with Gasteiger partial charge in [0.1, 0.15) is 12.2 Å². The monoisotopic (exact) mass is 142 g/mol. The molecule has 1 aliphatic heterocycles. The van der Waals surface area contributed by atoms with E-state index in [4.69, 9.17) is 9.57 Å². The summed E-state index contributed by atoms with van der Waals surface area (Å²) in [6.45, 7) is 4.52. The minimum Gasteiger partial charge on any atom is -0.395 e. The number of hydrogen-bond donors (Lipinski definition) is 0. The van der Waals surface area contributed by atoms with E-state index in [9.17, 15) is 0 Å². The molecule has 3 heteroatoms. The van der Waals surface area contributed by atoms with Crippen LogP contribution in [0.3, 0.4) is 0 Å². The van der Waals surface area contributed by atoms with E-state index in [2.05, 4.69) is 12.3 Å².